The van der Waals surface area contributed by atoms with Crippen molar-refractivity contribution in [3.8, 4) is 0 Å². The summed E-state index contributed by atoms with van der Waals surface area (Å²) >= 11 is 0. The van der Waals surface area contributed by atoms with E-state index in [1.54, 1.807) is 0 Å². The van der Waals surface area contributed by atoms with Crippen molar-refractivity contribution in [2.24, 2.45) is 0 Å². The average Bonchev–Trinajstić information content (AvgIpc) is 2.14. The van der Waals surface area contributed by atoms with Crippen LogP contribution in [0.2, 0.25) is 0 Å². The van der Waals surface area contributed by atoms with Gasteiger partial charge in [0.05, 0.1) is 18.3 Å². The van der Waals surface area contributed by atoms with Gasteiger partial charge in [0.1, 0.15) is 0 Å². The lowest BCUT2D eigenvalue weighted by Crippen LogP contribution is -2.26. The van der Waals surface area contributed by atoms with Gasteiger partial charge in [-0.2, -0.15) is 0 Å². The average molecular weight is 225 g/mol. The Balaban J connectivity index is 1.38. The summed E-state index contributed by atoms with van der Waals surface area (Å²) in [6.07, 6.45) is 12.5. The number of rotatable bonds is 8. The van der Waals surface area contributed by atoms with Crippen LogP contribution in [0.15, 0.2) is 0 Å². The highest BCUT2D eigenvalue weighted by molar-refractivity contribution is 4.73. The molecule has 0 aromatic rings. The summed E-state index contributed by atoms with van der Waals surface area (Å²) in [5, 5.41) is 0. The summed E-state index contributed by atoms with van der Waals surface area (Å²) in [5.41, 5.74) is 0. The van der Waals surface area contributed by atoms with Gasteiger partial charge in [0.25, 0.3) is 0 Å². The van der Waals surface area contributed by atoms with E-state index in [2.05, 4.69) is 6.92 Å². The van der Waals surface area contributed by atoms with Crippen LogP contribution < -0.4 is 0 Å². The zero-order valence-electron chi connectivity index (χ0n) is 10.3. The molecule has 0 aliphatic heterocycles. The van der Waals surface area contributed by atoms with Crippen molar-refractivity contribution >= 4 is 0 Å². The number of hydrogen-bond acceptors (Lipinski definition) is 2. The molecule has 0 heterocycles. The van der Waals surface area contributed by atoms with Crippen molar-refractivity contribution in [2.45, 2.75) is 76.1 Å². The third-order valence-corrected chi connectivity index (χ3v) is 3.76. The first-order chi connectivity index (χ1) is 7.84. The second kappa shape index (κ2) is 6.61. The fourth-order valence-corrected chi connectivity index (χ4v) is 2.11. The van der Waals surface area contributed by atoms with Crippen molar-refractivity contribution in [1.29, 1.82) is 0 Å². The van der Waals surface area contributed by atoms with Crippen molar-refractivity contribution in [3.63, 3.8) is 0 Å². The maximum Gasteiger partial charge on any atom is 0.0579 e. The Morgan fingerprint density at radius 1 is 1.00 bits per heavy atom. The molecule has 0 bridgehead atoms. The SMILES string of the molecule is [CH2]C(CCCCOC1CCC1)OC1CCC1. The van der Waals surface area contributed by atoms with Crippen LogP contribution in [0, 0.1) is 6.92 Å². The molecule has 2 saturated carbocycles. The van der Waals surface area contributed by atoms with Gasteiger partial charge in [-0.15, -0.1) is 0 Å². The second-order valence-corrected chi connectivity index (χ2v) is 5.23. The molecular formula is C14H25O2. The fourth-order valence-electron chi connectivity index (χ4n) is 2.11. The first kappa shape index (κ1) is 12.4. The van der Waals surface area contributed by atoms with Gasteiger partial charge in [-0.1, -0.05) is 0 Å². The highest BCUT2D eigenvalue weighted by atomic mass is 16.5. The third kappa shape index (κ3) is 4.06. The second-order valence-electron chi connectivity index (χ2n) is 5.23. The van der Waals surface area contributed by atoms with Gasteiger partial charge >= 0.3 is 0 Å². The van der Waals surface area contributed by atoms with Gasteiger partial charge < -0.3 is 9.47 Å². The molecule has 0 saturated heterocycles. The third-order valence-electron chi connectivity index (χ3n) is 3.76. The predicted molar refractivity (Wildman–Crippen MR) is 65.3 cm³/mol. The minimum Gasteiger partial charge on any atom is -0.378 e. The summed E-state index contributed by atoms with van der Waals surface area (Å²) < 4.78 is 11.5. The van der Waals surface area contributed by atoms with E-state index >= 15 is 0 Å². The minimum absolute atomic E-state index is 0.203. The number of hydrogen-bond donors (Lipinski definition) is 0. The summed E-state index contributed by atoms with van der Waals surface area (Å²) in [6.45, 7) is 4.99. The molecule has 0 N–H and O–H groups in total. The van der Waals surface area contributed by atoms with Crippen LogP contribution >= 0.6 is 0 Å². The highest BCUT2D eigenvalue weighted by Crippen LogP contribution is 2.24. The summed E-state index contributed by atoms with van der Waals surface area (Å²) in [5.74, 6) is 0. The molecule has 2 heteroatoms. The van der Waals surface area contributed by atoms with E-state index in [9.17, 15) is 0 Å². The van der Waals surface area contributed by atoms with Crippen LogP contribution in [0.25, 0.3) is 0 Å². The lowest BCUT2D eigenvalue weighted by atomic mass is 9.96. The standard InChI is InChI=1S/C14H25O2/c1-12(16-14-9-5-10-14)6-2-3-11-15-13-7-4-8-13/h12-14H,1-11H2. The zero-order valence-corrected chi connectivity index (χ0v) is 10.3. The molecule has 1 radical (unpaired) electrons. The molecule has 0 aromatic carbocycles. The van der Waals surface area contributed by atoms with Crippen LogP contribution in [0.1, 0.15) is 57.8 Å². The molecule has 2 aliphatic carbocycles. The monoisotopic (exact) mass is 225 g/mol. The zero-order chi connectivity index (χ0) is 11.2. The van der Waals surface area contributed by atoms with Gasteiger partial charge in [0.15, 0.2) is 0 Å². The van der Waals surface area contributed by atoms with E-state index in [0.29, 0.717) is 12.2 Å². The molecule has 2 nitrogen and oxygen atoms in total. The summed E-state index contributed by atoms with van der Waals surface area (Å²) in [7, 11) is 0. The van der Waals surface area contributed by atoms with Crippen LogP contribution in [0.3, 0.4) is 0 Å². The Kier molecular flexibility index (Phi) is 5.11. The number of ether oxygens (including phenoxy) is 2. The lowest BCUT2D eigenvalue weighted by Gasteiger charge is -2.29. The van der Waals surface area contributed by atoms with Gasteiger partial charge in [-0.25, -0.2) is 0 Å². The van der Waals surface area contributed by atoms with Crippen molar-refractivity contribution in [1.82, 2.24) is 0 Å². The molecule has 0 amide bonds. The molecule has 2 fully saturated rings. The number of unbranched alkanes of at least 4 members (excludes halogenated alkanes) is 1. The molecule has 16 heavy (non-hydrogen) atoms. The summed E-state index contributed by atoms with van der Waals surface area (Å²) in [4.78, 5) is 0. The molecular weight excluding hydrogens is 200 g/mol. The van der Waals surface area contributed by atoms with Crippen molar-refractivity contribution < 1.29 is 9.47 Å². The Morgan fingerprint density at radius 2 is 1.69 bits per heavy atom. The molecule has 2 aliphatic rings. The molecule has 93 valence electrons. The van der Waals surface area contributed by atoms with Crippen molar-refractivity contribution in [3.05, 3.63) is 6.92 Å². The maximum atomic E-state index is 5.79. The maximum absolute atomic E-state index is 5.79. The van der Waals surface area contributed by atoms with E-state index in [1.165, 1.54) is 44.9 Å². The smallest absolute Gasteiger partial charge is 0.0579 e. The van der Waals surface area contributed by atoms with Crippen LogP contribution in [-0.2, 0) is 9.47 Å². The van der Waals surface area contributed by atoms with Crippen LogP contribution in [-0.4, -0.2) is 24.9 Å². The van der Waals surface area contributed by atoms with E-state index < -0.39 is 0 Å². The molecule has 1 unspecified atom stereocenters. The predicted octanol–water partition coefficient (Wildman–Crippen LogP) is 3.50. The van der Waals surface area contributed by atoms with E-state index in [0.717, 1.165) is 19.4 Å². The quantitative estimate of drug-likeness (QED) is 0.589. The van der Waals surface area contributed by atoms with E-state index in [-0.39, 0.29) is 6.10 Å². The first-order valence-electron chi connectivity index (χ1n) is 6.95. The van der Waals surface area contributed by atoms with Gasteiger partial charge in [-0.05, 0) is 64.7 Å². The Labute approximate surface area is 99.7 Å². The van der Waals surface area contributed by atoms with Crippen LogP contribution in [0.4, 0.5) is 0 Å². The Hall–Kier alpha value is -0.0800. The molecule has 2 rings (SSSR count). The molecule has 1 atom stereocenters. The fraction of sp³-hybridized carbons (Fsp3) is 0.929. The molecule has 0 spiro atoms. The normalized spacial score (nSPS) is 23.8. The van der Waals surface area contributed by atoms with E-state index in [1.807, 2.05) is 0 Å². The molecule has 0 aromatic heterocycles. The largest absolute Gasteiger partial charge is 0.378 e. The summed E-state index contributed by atoms with van der Waals surface area (Å²) in [6, 6.07) is 0. The highest BCUT2D eigenvalue weighted by Gasteiger charge is 2.20. The van der Waals surface area contributed by atoms with Gasteiger partial charge in [0, 0.05) is 6.61 Å². The first-order valence-corrected chi connectivity index (χ1v) is 6.95. The van der Waals surface area contributed by atoms with E-state index in [4.69, 9.17) is 9.47 Å². The van der Waals surface area contributed by atoms with Crippen molar-refractivity contribution in [2.75, 3.05) is 6.61 Å². The van der Waals surface area contributed by atoms with Gasteiger partial charge in [-0.3, -0.25) is 0 Å². The Morgan fingerprint density at radius 3 is 2.25 bits per heavy atom. The van der Waals surface area contributed by atoms with Crippen LogP contribution in [0.5, 0.6) is 0 Å². The Bertz CT molecular complexity index is 185. The lowest BCUT2D eigenvalue weighted by molar-refractivity contribution is -0.0374. The van der Waals surface area contributed by atoms with Gasteiger partial charge in [0.2, 0.25) is 0 Å². The minimum atomic E-state index is 0.203. The topological polar surface area (TPSA) is 18.5 Å².